The van der Waals surface area contributed by atoms with Crippen molar-refractivity contribution in [3.8, 4) is 0 Å². The smallest absolute Gasteiger partial charge is 0.135 e. The average Bonchev–Trinajstić information content (AvgIpc) is 3.46. The quantitative estimate of drug-likeness (QED) is 0.302. The normalized spacial score (nSPS) is 20.1. The Bertz CT molecular complexity index is 366. The molecule has 2 aliphatic carbocycles. The van der Waals surface area contributed by atoms with Crippen LogP contribution in [-0.4, -0.2) is 19.5 Å². The van der Waals surface area contributed by atoms with E-state index in [0.717, 1.165) is 25.9 Å². The van der Waals surface area contributed by atoms with E-state index in [1.54, 1.807) is 6.92 Å². The Morgan fingerprint density at radius 1 is 0.750 bits per heavy atom. The number of Topliss-reactive ketones (excluding diaryl/α,β-unsaturated/α-hetero) is 1. The zero-order chi connectivity index (χ0) is 17.3. The number of hydrogen-bond donors (Lipinski definition) is 0. The van der Waals surface area contributed by atoms with Gasteiger partial charge in [0.2, 0.25) is 0 Å². The molecule has 0 N–H and O–H groups in total. The molecule has 2 nitrogen and oxygen atoms in total. The second-order valence-corrected chi connectivity index (χ2v) is 8.81. The topological polar surface area (TPSA) is 26.3 Å². The molecule has 0 radical (unpaired) electrons. The zero-order valence-electron chi connectivity index (χ0n) is 16.3. The fourth-order valence-corrected chi connectivity index (χ4v) is 4.26. The molecular formula is C22H40O2. The molecule has 2 saturated carbocycles. The summed E-state index contributed by atoms with van der Waals surface area (Å²) in [5.41, 5.74) is 0.735. The third kappa shape index (κ3) is 6.86. The van der Waals surface area contributed by atoms with Gasteiger partial charge in [0.25, 0.3) is 0 Å². The number of carbonyl (C=O) groups excluding carboxylic acids is 1. The average molecular weight is 337 g/mol. The summed E-state index contributed by atoms with van der Waals surface area (Å²) < 4.78 is 5.34. The van der Waals surface area contributed by atoms with Gasteiger partial charge in [-0.3, -0.25) is 4.79 Å². The number of carbonyl (C=O) groups is 1. The van der Waals surface area contributed by atoms with Crippen LogP contribution < -0.4 is 0 Å². The first-order valence-corrected chi connectivity index (χ1v) is 10.6. The van der Waals surface area contributed by atoms with Gasteiger partial charge in [-0.25, -0.2) is 0 Å². The second-order valence-electron chi connectivity index (χ2n) is 8.81. The molecule has 0 aromatic heterocycles. The van der Waals surface area contributed by atoms with Crippen molar-refractivity contribution in [2.75, 3.05) is 13.7 Å². The van der Waals surface area contributed by atoms with Crippen molar-refractivity contribution in [2.24, 2.45) is 10.8 Å². The highest BCUT2D eigenvalue weighted by Gasteiger charge is 2.46. The minimum absolute atomic E-state index is 0.141. The summed E-state index contributed by atoms with van der Waals surface area (Å²) in [5.74, 6) is 0.442. The summed E-state index contributed by atoms with van der Waals surface area (Å²) >= 11 is 0. The summed E-state index contributed by atoms with van der Waals surface area (Å²) in [4.78, 5) is 11.5. The van der Waals surface area contributed by atoms with E-state index in [1.165, 1.54) is 83.5 Å². The minimum atomic E-state index is 0.141. The highest BCUT2D eigenvalue weighted by Crippen LogP contribution is 2.51. The van der Waals surface area contributed by atoms with Gasteiger partial charge in [-0.1, -0.05) is 64.2 Å². The molecule has 0 aromatic rings. The van der Waals surface area contributed by atoms with E-state index in [-0.39, 0.29) is 5.41 Å². The molecule has 0 aliphatic heterocycles. The fourth-order valence-electron chi connectivity index (χ4n) is 4.26. The van der Waals surface area contributed by atoms with Gasteiger partial charge in [-0.05, 0) is 50.9 Å². The van der Waals surface area contributed by atoms with Gasteiger partial charge in [0.15, 0.2) is 0 Å². The largest absolute Gasteiger partial charge is 0.384 e. The lowest BCUT2D eigenvalue weighted by molar-refractivity contribution is -0.122. The summed E-state index contributed by atoms with van der Waals surface area (Å²) in [7, 11) is 1.84. The Balaban J connectivity index is 1.30. The molecule has 0 saturated heterocycles. The molecule has 2 rings (SSSR count). The lowest BCUT2D eigenvalue weighted by atomic mass is 9.94. The van der Waals surface area contributed by atoms with Crippen molar-refractivity contribution < 1.29 is 9.53 Å². The Kier molecular flexibility index (Phi) is 8.27. The van der Waals surface area contributed by atoms with E-state index < -0.39 is 0 Å². The van der Waals surface area contributed by atoms with Gasteiger partial charge in [0.05, 0.1) is 6.61 Å². The Labute approximate surface area is 150 Å². The van der Waals surface area contributed by atoms with Crippen LogP contribution in [0.4, 0.5) is 0 Å². The summed E-state index contributed by atoms with van der Waals surface area (Å²) in [6.07, 6.45) is 21.5. The van der Waals surface area contributed by atoms with Crippen LogP contribution in [0.25, 0.3) is 0 Å². The fraction of sp³-hybridized carbons (Fsp3) is 0.955. The van der Waals surface area contributed by atoms with Gasteiger partial charge in [-0.2, -0.15) is 0 Å². The van der Waals surface area contributed by atoms with Gasteiger partial charge in [0.1, 0.15) is 5.78 Å². The molecule has 0 unspecified atom stereocenters. The van der Waals surface area contributed by atoms with Crippen molar-refractivity contribution in [1.82, 2.24) is 0 Å². The molecule has 2 aliphatic rings. The zero-order valence-corrected chi connectivity index (χ0v) is 16.3. The summed E-state index contributed by atoms with van der Waals surface area (Å²) in [6.45, 7) is 2.77. The van der Waals surface area contributed by atoms with Crippen molar-refractivity contribution in [3.63, 3.8) is 0 Å². The van der Waals surface area contributed by atoms with Crippen LogP contribution in [0.3, 0.4) is 0 Å². The predicted molar refractivity (Wildman–Crippen MR) is 101 cm³/mol. The first kappa shape index (κ1) is 19.9. The number of ether oxygens (including phenoxy) is 1. The number of ketones is 1. The van der Waals surface area contributed by atoms with Crippen LogP contribution in [0, 0.1) is 10.8 Å². The van der Waals surface area contributed by atoms with Crippen molar-refractivity contribution in [1.29, 1.82) is 0 Å². The first-order chi connectivity index (χ1) is 11.6. The number of methoxy groups -OCH3 is 1. The molecule has 0 heterocycles. The molecule has 0 spiro atoms. The van der Waals surface area contributed by atoms with Gasteiger partial charge < -0.3 is 4.74 Å². The molecular weight excluding hydrogens is 296 g/mol. The van der Waals surface area contributed by atoms with Gasteiger partial charge in [-0.15, -0.1) is 0 Å². The standard InChI is InChI=1S/C22H40O2/c1-20(23)22(17-18-22)14-12-10-8-6-4-3-5-7-9-11-13-21(15-16-21)19-24-2/h3-19H2,1-2H3. The van der Waals surface area contributed by atoms with E-state index in [2.05, 4.69) is 0 Å². The molecule has 0 atom stereocenters. The predicted octanol–water partition coefficient (Wildman–Crippen LogP) is 6.46. The van der Waals surface area contributed by atoms with Gasteiger partial charge >= 0.3 is 0 Å². The van der Waals surface area contributed by atoms with Gasteiger partial charge in [0, 0.05) is 12.5 Å². The lowest BCUT2D eigenvalue weighted by Gasteiger charge is -2.13. The monoisotopic (exact) mass is 336 g/mol. The Morgan fingerprint density at radius 2 is 1.21 bits per heavy atom. The van der Waals surface area contributed by atoms with Crippen LogP contribution in [0.5, 0.6) is 0 Å². The van der Waals surface area contributed by atoms with Crippen LogP contribution in [0.1, 0.15) is 110 Å². The third-order valence-electron chi connectivity index (χ3n) is 6.62. The lowest BCUT2D eigenvalue weighted by Crippen LogP contribution is -2.11. The van der Waals surface area contributed by atoms with Crippen LogP contribution in [0.15, 0.2) is 0 Å². The number of unbranched alkanes of at least 4 members (excludes halogenated alkanes) is 9. The highest BCUT2D eigenvalue weighted by molar-refractivity contribution is 5.84. The number of hydrogen-bond acceptors (Lipinski definition) is 2. The van der Waals surface area contributed by atoms with Crippen LogP contribution >= 0.6 is 0 Å². The minimum Gasteiger partial charge on any atom is -0.384 e. The molecule has 0 aromatic carbocycles. The van der Waals surface area contributed by atoms with Crippen molar-refractivity contribution >= 4 is 5.78 Å². The molecule has 24 heavy (non-hydrogen) atoms. The molecule has 2 fully saturated rings. The first-order valence-electron chi connectivity index (χ1n) is 10.6. The van der Waals surface area contributed by atoms with E-state index in [0.29, 0.717) is 11.2 Å². The summed E-state index contributed by atoms with van der Waals surface area (Å²) in [5, 5.41) is 0. The SMILES string of the molecule is COCC1(CCCCCCCCCCCCC2(C(C)=O)CC2)CC1. The molecule has 0 amide bonds. The van der Waals surface area contributed by atoms with Crippen LogP contribution in [0.2, 0.25) is 0 Å². The maximum absolute atomic E-state index is 11.5. The highest BCUT2D eigenvalue weighted by atomic mass is 16.5. The van der Waals surface area contributed by atoms with Crippen molar-refractivity contribution in [2.45, 2.75) is 110 Å². The van der Waals surface area contributed by atoms with Crippen LogP contribution in [-0.2, 0) is 9.53 Å². The van der Waals surface area contributed by atoms with E-state index in [1.807, 2.05) is 7.11 Å². The van der Waals surface area contributed by atoms with E-state index in [9.17, 15) is 4.79 Å². The van der Waals surface area contributed by atoms with E-state index in [4.69, 9.17) is 4.74 Å². The van der Waals surface area contributed by atoms with Crippen molar-refractivity contribution in [3.05, 3.63) is 0 Å². The molecule has 2 heteroatoms. The Hall–Kier alpha value is -0.370. The summed E-state index contributed by atoms with van der Waals surface area (Å²) in [6, 6.07) is 0. The Morgan fingerprint density at radius 3 is 1.58 bits per heavy atom. The maximum atomic E-state index is 11.5. The third-order valence-corrected chi connectivity index (χ3v) is 6.62. The molecule has 140 valence electrons. The maximum Gasteiger partial charge on any atom is 0.135 e. The molecule has 0 bridgehead atoms. The number of rotatable bonds is 16. The van der Waals surface area contributed by atoms with E-state index >= 15 is 0 Å². The second kappa shape index (κ2) is 9.94.